The predicted octanol–water partition coefficient (Wildman–Crippen LogP) is 2.00. The Morgan fingerprint density at radius 2 is 2.06 bits per heavy atom. The van der Waals surface area contributed by atoms with Gasteiger partial charge in [-0.3, -0.25) is 4.90 Å². The second kappa shape index (κ2) is 6.77. The molecule has 6 heteroatoms. The summed E-state index contributed by atoms with van der Waals surface area (Å²) in [7, 11) is 0. The molecular formula is C12H16BrNO3S. The summed E-state index contributed by atoms with van der Waals surface area (Å²) in [6.07, 6.45) is 0. The summed E-state index contributed by atoms with van der Waals surface area (Å²) in [5.74, 6) is 0.180. The molecule has 1 aromatic rings. The van der Waals surface area contributed by atoms with Crippen LogP contribution in [0, 0.1) is 0 Å². The lowest BCUT2D eigenvalue weighted by Gasteiger charge is -2.27. The Balaban J connectivity index is 2.12. The lowest BCUT2D eigenvalue weighted by Crippen LogP contribution is -2.35. The molecule has 0 aliphatic carbocycles. The summed E-state index contributed by atoms with van der Waals surface area (Å²) in [6, 6.07) is 5.91. The molecule has 1 unspecified atom stereocenters. The molecule has 1 fully saturated rings. The Hall–Kier alpha value is -0.270. The van der Waals surface area contributed by atoms with Gasteiger partial charge in [0.15, 0.2) is 11.1 Å². The number of rotatable bonds is 4. The highest BCUT2D eigenvalue weighted by Gasteiger charge is 2.13. The van der Waals surface area contributed by atoms with Crippen molar-refractivity contribution in [1.29, 1.82) is 0 Å². The molecule has 1 heterocycles. The smallest absolute Gasteiger partial charge is 0.157 e. The highest BCUT2D eigenvalue weighted by molar-refractivity contribution is 9.10. The van der Waals surface area contributed by atoms with Gasteiger partial charge in [0.05, 0.1) is 19.0 Å². The molecule has 1 aromatic carbocycles. The Morgan fingerprint density at radius 3 is 2.72 bits per heavy atom. The van der Waals surface area contributed by atoms with Crippen LogP contribution in [0.5, 0.6) is 0 Å². The molecule has 2 rings (SSSR count). The molecule has 1 N–H and O–H groups in total. The highest BCUT2D eigenvalue weighted by atomic mass is 79.9. The molecule has 0 radical (unpaired) electrons. The van der Waals surface area contributed by atoms with E-state index in [0.717, 1.165) is 48.4 Å². The number of ether oxygens (including phenoxy) is 1. The van der Waals surface area contributed by atoms with Crippen molar-refractivity contribution in [2.45, 2.75) is 12.3 Å². The molecule has 0 saturated carbocycles. The van der Waals surface area contributed by atoms with Crippen molar-refractivity contribution in [3.8, 4) is 0 Å². The van der Waals surface area contributed by atoms with E-state index in [0.29, 0.717) is 0 Å². The summed E-state index contributed by atoms with van der Waals surface area (Å²) < 4.78 is 26.3. The van der Waals surface area contributed by atoms with Crippen LogP contribution in [0.15, 0.2) is 22.7 Å². The minimum Gasteiger partial charge on any atom is -0.379 e. The Morgan fingerprint density at radius 1 is 1.33 bits per heavy atom. The number of nitrogens with zero attached hydrogens (tertiary/aromatic N) is 1. The maximum absolute atomic E-state index is 11.0. The van der Waals surface area contributed by atoms with Gasteiger partial charge >= 0.3 is 0 Å². The van der Waals surface area contributed by atoms with Crippen LogP contribution in [0.2, 0.25) is 0 Å². The third-order valence-corrected chi connectivity index (χ3v) is 4.00. The summed E-state index contributed by atoms with van der Waals surface area (Å²) in [5, 5.41) is 0. The van der Waals surface area contributed by atoms with E-state index in [1.165, 1.54) is 0 Å². The van der Waals surface area contributed by atoms with Crippen LogP contribution in [0.4, 0.5) is 0 Å². The number of morpholine rings is 1. The fourth-order valence-electron chi connectivity index (χ4n) is 2.02. The average Bonchev–Trinajstić information content (AvgIpc) is 2.33. The zero-order valence-corrected chi connectivity index (χ0v) is 12.4. The van der Waals surface area contributed by atoms with Gasteiger partial charge in [0.2, 0.25) is 0 Å². The summed E-state index contributed by atoms with van der Waals surface area (Å²) in [5.41, 5.74) is 2.04. The second-order valence-corrected chi connectivity index (χ2v) is 6.11. The van der Waals surface area contributed by atoms with E-state index < -0.39 is 11.1 Å². The van der Waals surface area contributed by atoms with Gasteiger partial charge in [-0.1, -0.05) is 22.0 Å². The maximum atomic E-state index is 11.0. The van der Waals surface area contributed by atoms with E-state index in [9.17, 15) is 4.21 Å². The Kier molecular flexibility index (Phi) is 5.32. The zero-order chi connectivity index (χ0) is 13.0. The quantitative estimate of drug-likeness (QED) is 0.856. The molecule has 1 atom stereocenters. The maximum Gasteiger partial charge on any atom is 0.157 e. The van der Waals surface area contributed by atoms with Gasteiger partial charge in [-0.25, -0.2) is 4.21 Å². The van der Waals surface area contributed by atoms with E-state index >= 15 is 0 Å². The van der Waals surface area contributed by atoms with Gasteiger partial charge in [-0.05, 0) is 23.3 Å². The molecule has 0 bridgehead atoms. The average molecular weight is 334 g/mol. The molecule has 1 saturated heterocycles. The largest absolute Gasteiger partial charge is 0.379 e. The summed E-state index contributed by atoms with van der Waals surface area (Å²) in [4.78, 5) is 2.30. The first-order valence-corrected chi connectivity index (χ1v) is 7.87. The van der Waals surface area contributed by atoms with Gasteiger partial charge in [0.1, 0.15) is 0 Å². The van der Waals surface area contributed by atoms with Gasteiger partial charge in [-0.2, -0.15) is 0 Å². The number of benzene rings is 1. The Bertz CT molecular complexity index is 435. The van der Waals surface area contributed by atoms with E-state index in [4.69, 9.17) is 9.29 Å². The van der Waals surface area contributed by atoms with Crippen LogP contribution >= 0.6 is 15.9 Å². The highest BCUT2D eigenvalue weighted by Crippen LogP contribution is 2.20. The molecule has 4 nitrogen and oxygen atoms in total. The zero-order valence-electron chi connectivity index (χ0n) is 9.97. The van der Waals surface area contributed by atoms with Crippen molar-refractivity contribution in [2.75, 3.05) is 26.3 Å². The van der Waals surface area contributed by atoms with Gasteiger partial charge in [-0.15, -0.1) is 0 Å². The fourth-order valence-corrected chi connectivity index (χ4v) is 2.96. The second-order valence-electron chi connectivity index (χ2n) is 4.27. The Labute approximate surface area is 118 Å². The summed E-state index contributed by atoms with van der Waals surface area (Å²) >= 11 is 1.59. The molecule has 0 spiro atoms. The number of hydrogen-bond donors (Lipinski definition) is 1. The first-order chi connectivity index (χ1) is 8.65. The van der Waals surface area contributed by atoms with Crippen LogP contribution in [-0.4, -0.2) is 40.0 Å². The van der Waals surface area contributed by atoms with Crippen LogP contribution < -0.4 is 0 Å². The van der Waals surface area contributed by atoms with Gasteiger partial charge in [0.25, 0.3) is 0 Å². The standard InChI is InChI=1S/C12H16BrNO3S/c13-12-2-1-10(11(7-12)9-18(15)16)8-14-3-5-17-6-4-14/h1-2,7H,3-6,8-9H2,(H,15,16). The molecule has 18 heavy (non-hydrogen) atoms. The van der Waals surface area contributed by atoms with Crippen molar-refractivity contribution in [3.05, 3.63) is 33.8 Å². The minimum absolute atomic E-state index is 0.180. The van der Waals surface area contributed by atoms with Crippen LogP contribution in [0.25, 0.3) is 0 Å². The number of halogens is 1. The fraction of sp³-hybridized carbons (Fsp3) is 0.500. The lowest BCUT2D eigenvalue weighted by molar-refractivity contribution is 0.0341. The predicted molar refractivity (Wildman–Crippen MR) is 74.7 cm³/mol. The SMILES string of the molecule is O=S(O)Cc1cc(Br)ccc1CN1CCOCC1. The molecule has 0 aromatic heterocycles. The minimum atomic E-state index is -1.81. The van der Waals surface area contributed by atoms with Crippen molar-refractivity contribution < 1.29 is 13.5 Å². The molecular weight excluding hydrogens is 318 g/mol. The molecule has 1 aliphatic heterocycles. The summed E-state index contributed by atoms with van der Waals surface area (Å²) in [6.45, 7) is 4.16. The van der Waals surface area contributed by atoms with Crippen molar-refractivity contribution in [1.82, 2.24) is 4.90 Å². The van der Waals surface area contributed by atoms with E-state index in [1.54, 1.807) is 0 Å². The molecule has 100 valence electrons. The number of hydrogen-bond acceptors (Lipinski definition) is 3. The lowest BCUT2D eigenvalue weighted by atomic mass is 10.1. The van der Waals surface area contributed by atoms with Gasteiger partial charge in [0, 0.05) is 24.1 Å². The van der Waals surface area contributed by atoms with E-state index in [-0.39, 0.29) is 5.75 Å². The third kappa shape index (κ3) is 4.13. The van der Waals surface area contributed by atoms with Crippen LogP contribution in [-0.2, 0) is 28.1 Å². The molecule has 0 amide bonds. The topological polar surface area (TPSA) is 49.8 Å². The monoisotopic (exact) mass is 333 g/mol. The first kappa shape index (κ1) is 14.1. The van der Waals surface area contributed by atoms with Crippen molar-refractivity contribution in [3.63, 3.8) is 0 Å². The molecule has 1 aliphatic rings. The van der Waals surface area contributed by atoms with Gasteiger partial charge < -0.3 is 9.29 Å². The van der Waals surface area contributed by atoms with E-state index in [2.05, 4.69) is 20.8 Å². The van der Waals surface area contributed by atoms with Crippen LogP contribution in [0.1, 0.15) is 11.1 Å². The van der Waals surface area contributed by atoms with Crippen molar-refractivity contribution >= 4 is 27.0 Å². The third-order valence-electron chi connectivity index (χ3n) is 2.94. The van der Waals surface area contributed by atoms with E-state index in [1.807, 2.05) is 18.2 Å². The normalized spacial score (nSPS) is 18.8. The van der Waals surface area contributed by atoms with Crippen molar-refractivity contribution in [2.24, 2.45) is 0 Å². The first-order valence-electron chi connectivity index (χ1n) is 5.80. The van der Waals surface area contributed by atoms with Crippen LogP contribution in [0.3, 0.4) is 0 Å².